The lowest BCUT2D eigenvalue weighted by Gasteiger charge is -2.18. The molecule has 1 unspecified atom stereocenters. The number of hydrogen-bond acceptors (Lipinski definition) is 2. The van der Waals surface area contributed by atoms with Crippen molar-refractivity contribution in [1.82, 2.24) is 0 Å². The lowest BCUT2D eigenvalue weighted by molar-refractivity contribution is 0.213. The highest BCUT2D eigenvalue weighted by atomic mass is 19.1. The van der Waals surface area contributed by atoms with Crippen LogP contribution in [-0.2, 0) is 0 Å². The molecule has 0 bridgehead atoms. The second-order valence-electron chi connectivity index (χ2n) is 3.78. The Morgan fingerprint density at radius 2 is 2.07 bits per heavy atom. The molecule has 0 aliphatic heterocycles. The predicted molar refractivity (Wildman–Crippen MR) is 59.4 cm³/mol. The molecule has 2 N–H and O–H groups in total. The first-order valence-electron chi connectivity index (χ1n) is 5.26. The SMILES string of the molecule is CCC(C)Oc1cccc(F)c1[C@@H](C)N. The molecule has 0 aromatic heterocycles. The molecular weight excluding hydrogens is 193 g/mol. The Morgan fingerprint density at radius 1 is 1.40 bits per heavy atom. The molecule has 0 aliphatic rings. The average molecular weight is 211 g/mol. The molecule has 0 amide bonds. The molecule has 2 atom stereocenters. The Kier molecular flexibility index (Phi) is 4.09. The summed E-state index contributed by atoms with van der Waals surface area (Å²) in [4.78, 5) is 0. The molecule has 0 aliphatic carbocycles. The third-order valence-electron chi connectivity index (χ3n) is 2.37. The number of nitrogens with two attached hydrogens (primary N) is 1. The van der Waals surface area contributed by atoms with Gasteiger partial charge in [-0.3, -0.25) is 0 Å². The monoisotopic (exact) mass is 211 g/mol. The van der Waals surface area contributed by atoms with Gasteiger partial charge in [-0.15, -0.1) is 0 Å². The van der Waals surface area contributed by atoms with Crippen LogP contribution >= 0.6 is 0 Å². The van der Waals surface area contributed by atoms with Crippen LogP contribution in [0.2, 0.25) is 0 Å². The van der Waals surface area contributed by atoms with Crippen LogP contribution in [0.5, 0.6) is 5.75 Å². The minimum absolute atomic E-state index is 0.0734. The van der Waals surface area contributed by atoms with E-state index in [0.717, 1.165) is 6.42 Å². The van der Waals surface area contributed by atoms with Crippen LogP contribution in [0.1, 0.15) is 38.8 Å². The van der Waals surface area contributed by atoms with Crippen LogP contribution in [-0.4, -0.2) is 6.10 Å². The summed E-state index contributed by atoms with van der Waals surface area (Å²) in [6.07, 6.45) is 0.957. The summed E-state index contributed by atoms with van der Waals surface area (Å²) in [7, 11) is 0. The normalized spacial score (nSPS) is 14.7. The van der Waals surface area contributed by atoms with Crippen LogP contribution in [0.15, 0.2) is 18.2 Å². The van der Waals surface area contributed by atoms with Gasteiger partial charge in [-0.1, -0.05) is 13.0 Å². The minimum Gasteiger partial charge on any atom is -0.490 e. The van der Waals surface area contributed by atoms with E-state index in [-0.39, 0.29) is 18.0 Å². The van der Waals surface area contributed by atoms with E-state index in [9.17, 15) is 4.39 Å². The predicted octanol–water partition coefficient (Wildman–Crippen LogP) is 3.02. The molecule has 1 aromatic carbocycles. The zero-order chi connectivity index (χ0) is 11.4. The quantitative estimate of drug-likeness (QED) is 0.830. The molecule has 0 spiro atoms. The fraction of sp³-hybridized carbons (Fsp3) is 0.500. The molecule has 0 saturated heterocycles. The van der Waals surface area contributed by atoms with Crippen molar-refractivity contribution in [3.63, 3.8) is 0 Å². The van der Waals surface area contributed by atoms with E-state index in [1.54, 1.807) is 19.1 Å². The number of rotatable bonds is 4. The summed E-state index contributed by atoms with van der Waals surface area (Å²) >= 11 is 0. The van der Waals surface area contributed by atoms with E-state index in [2.05, 4.69) is 0 Å². The number of halogens is 1. The highest BCUT2D eigenvalue weighted by Gasteiger charge is 2.14. The van der Waals surface area contributed by atoms with Gasteiger partial charge in [0.2, 0.25) is 0 Å². The molecule has 15 heavy (non-hydrogen) atoms. The van der Waals surface area contributed by atoms with Crippen molar-refractivity contribution in [3.05, 3.63) is 29.6 Å². The molecule has 0 saturated carbocycles. The lowest BCUT2D eigenvalue weighted by Crippen LogP contribution is -2.15. The van der Waals surface area contributed by atoms with Crippen molar-refractivity contribution in [1.29, 1.82) is 0 Å². The largest absolute Gasteiger partial charge is 0.490 e. The van der Waals surface area contributed by atoms with E-state index in [1.807, 2.05) is 13.8 Å². The first kappa shape index (κ1) is 12.0. The Hall–Kier alpha value is -1.09. The second-order valence-corrected chi connectivity index (χ2v) is 3.78. The first-order chi connectivity index (χ1) is 7.06. The van der Waals surface area contributed by atoms with Crippen molar-refractivity contribution in [2.75, 3.05) is 0 Å². The smallest absolute Gasteiger partial charge is 0.131 e. The Balaban J connectivity index is 3.00. The zero-order valence-corrected chi connectivity index (χ0v) is 9.46. The second kappa shape index (κ2) is 5.12. The van der Waals surface area contributed by atoms with Gasteiger partial charge in [0.1, 0.15) is 11.6 Å². The summed E-state index contributed by atoms with van der Waals surface area (Å²) in [5, 5.41) is 0. The fourth-order valence-corrected chi connectivity index (χ4v) is 1.36. The molecule has 0 heterocycles. The average Bonchev–Trinajstić information content (AvgIpc) is 2.17. The highest BCUT2D eigenvalue weighted by Crippen LogP contribution is 2.27. The zero-order valence-electron chi connectivity index (χ0n) is 9.46. The Morgan fingerprint density at radius 3 is 2.60 bits per heavy atom. The van der Waals surface area contributed by atoms with Crippen LogP contribution in [0.25, 0.3) is 0 Å². The van der Waals surface area contributed by atoms with Gasteiger partial charge in [0.25, 0.3) is 0 Å². The Labute approximate surface area is 90.2 Å². The first-order valence-corrected chi connectivity index (χ1v) is 5.26. The summed E-state index contributed by atoms with van der Waals surface area (Å²) in [5.41, 5.74) is 6.17. The highest BCUT2D eigenvalue weighted by molar-refractivity contribution is 5.36. The third-order valence-corrected chi connectivity index (χ3v) is 2.37. The van der Waals surface area contributed by atoms with Crippen molar-refractivity contribution in [2.45, 2.75) is 39.3 Å². The van der Waals surface area contributed by atoms with Crippen molar-refractivity contribution in [2.24, 2.45) is 5.73 Å². The van der Waals surface area contributed by atoms with Crippen LogP contribution in [0.3, 0.4) is 0 Å². The molecule has 0 fully saturated rings. The molecule has 84 valence electrons. The maximum atomic E-state index is 13.5. The van der Waals surface area contributed by atoms with Gasteiger partial charge in [0.05, 0.1) is 6.10 Å². The fourth-order valence-electron chi connectivity index (χ4n) is 1.36. The Bertz CT molecular complexity index is 325. The number of hydrogen-bond donors (Lipinski definition) is 1. The van der Waals surface area contributed by atoms with Gasteiger partial charge in [-0.2, -0.15) is 0 Å². The van der Waals surface area contributed by atoms with Gasteiger partial charge in [-0.05, 0) is 32.4 Å². The van der Waals surface area contributed by atoms with Crippen LogP contribution < -0.4 is 10.5 Å². The van der Waals surface area contributed by atoms with E-state index in [1.165, 1.54) is 6.07 Å². The molecule has 2 nitrogen and oxygen atoms in total. The van der Waals surface area contributed by atoms with E-state index >= 15 is 0 Å². The van der Waals surface area contributed by atoms with Crippen molar-refractivity contribution in [3.8, 4) is 5.75 Å². The standard InChI is InChI=1S/C12H18FNO/c1-4-8(2)15-11-7-5-6-10(13)12(11)9(3)14/h5-9H,4,14H2,1-3H3/t8?,9-/m1/s1. The topological polar surface area (TPSA) is 35.2 Å². The van der Waals surface area contributed by atoms with Gasteiger partial charge in [-0.25, -0.2) is 4.39 Å². The third kappa shape index (κ3) is 2.93. The maximum absolute atomic E-state index is 13.5. The molecular formula is C12H18FNO. The summed E-state index contributed by atoms with van der Waals surface area (Å²) in [6.45, 7) is 5.73. The molecule has 3 heteroatoms. The van der Waals surface area contributed by atoms with Gasteiger partial charge in [0.15, 0.2) is 0 Å². The summed E-state index contributed by atoms with van der Waals surface area (Å²) < 4.78 is 19.1. The van der Waals surface area contributed by atoms with Crippen LogP contribution in [0.4, 0.5) is 4.39 Å². The van der Waals surface area contributed by atoms with Crippen molar-refractivity contribution >= 4 is 0 Å². The number of ether oxygens (including phenoxy) is 1. The van der Waals surface area contributed by atoms with Gasteiger partial charge in [0, 0.05) is 11.6 Å². The lowest BCUT2D eigenvalue weighted by atomic mass is 10.1. The van der Waals surface area contributed by atoms with Gasteiger partial charge < -0.3 is 10.5 Å². The maximum Gasteiger partial charge on any atom is 0.131 e. The summed E-state index contributed by atoms with van der Waals surface area (Å²) in [5.74, 6) is 0.255. The van der Waals surface area contributed by atoms with Crippen molar-refractivity contribution < 1.29 is 9.13 Å². The molecule has 1 aromatic rings. The minimum atomic E-state index is -0.356. The van der Waals surface area contributed by atoms with E-state index in [0.29, 0.717) is 11.3 Å². The van der Waals surface area contributed by atoms with E-state index in [4.69, 9.17) is 10.5 Å². The van der Waals surface area contributed by atoms with Gasteiger partial charge >= 0.3 is 0 Å². The van der Waals surface area contributed by atoms with E-state index < -0.39 is 0 Å². The summed E-state index contributed by atoms with van der Waals surface area (Å²) in [6, 6.07) is 4.44. The molecule has 1 rings (SSSR count). The molecule has 0 radical (unpaired) electrons. The number of benzene rings is 1. The van der Waals surface area contributed by atoms with Crippen LogP contribution in [0, 0.1) is 5.82 Å².